The maximum atomic E-state index is 9.81. The lowest BCUT2D eigenvalue weighted by Crippen LogP contribution is -2.18. The number of alkyl halides is 1. The molecule has 0 atom stereocenters. The average molecular weight is 201 g/mol. The number of halogens is 1. The molecule has 0 aliphatic rings. The summed E-state index contributed by atoms with van der Waals surface area (Å²) in [5.41, 5.74) is 1.47. The predicted octanol–water partition coefficient (Wildman–Crippen LogP) is -0.0732. The molecular weight excluding hydrogens is 197 g/mol. The van der Waals surface area contributed by atoms with Crippen LogP contribution in [0.5, 0.6) is 0 Å². The third-order valence-electron chi connectivity index (χ3n) is 0.246. The van der Waals surface area contributed by atoms with Crippen LogP contribution in [0, 0.1) is 0 Å². The van der Waals surface area contributed by atoms with E-state index in [2.05, 4.69) is 0 Å². The summed E-state index contributed by atoms with van der Waals surface area (Å²) in [6.07, 6.45) is 0. The van der Waals surface area contributed by atoms with E-state index in [-0.39, 0.29) is 5.91 Å². The number of carbonyl (C=O) groups excluding carboxylic acids is 1. The molecule has 2 N–H and O–H groups in total. The van der Waals surface area contributed by atoms with Crippen LogP contribution < -0.4 is 5.48 Å². The molecule has 0 fully saturated rings. The maximum absolute atomic E-state index is 9.81. The molecule has 0 heterocycles. The van der Waals surface area contributed by atoms with Crippen LogP contribution in [0.25, 0.3) is 0 Å². The van der Waals surface area contributed by atoms with Crippen molar-refractivity contribution >= 4 is 28.5 Å². The summed E-state index contributed by atoms with van der Waals surface area (Å²) in [6, 6.07) is 0. The number of hydrogen-bond donors (Lipinski definition) is 2. The Morgan fingerprint density at radius 3 is 2.50 bits per heavy atom. The Balaban J connectivity index is 2.99. The van der Waals surface area contributed by atoms with Crippen molar-refractivity contribution in [2.75, 3.05) is 4.43 Å². The lowest BCUT2D eigenvalue weighted by molar-refractivity contribution is -0.126. The smallest absolute Gasteiger partial charge is 0.253 e. The van der Waals surface area contributed by atoms with Crippen LogP contribution in [-0.4, -0.2) is 15.5 Å². The molecule has 0 radical (unpaired) electrons. The number of carbonyl (C=O) groups is 1. The highest BCUT2D eigenvalue weighted by molar-refractivity contribution is 14.1. The van der Waals surface area contributed by atoms with Crippen molar-refractivity contribution in [2.45, 2.75) is 0 Å². The van der Waals surface area contributed by atoms with E-state index < -0.39 is 0 Å². The number of nitrogens with one attached hydrogen (secondary N) is 1. The quantitative estimate of drug-likeness (QED) is 0.270. The predicted molar refractivity (Wildman–Crippen MR) is 28.8 cm³/mol. The molecule has 0 aromatic carbocycles. The SMILES string of the molecule is O=C(CI)NO. The van der Waals surface area contributed by atoms with E-state index in [1.54, 1.807) is 0 Å². The van der Waals surface area contributed by atoms with Gasteiger partial charge < -0.3 is 0 Å². The molecule has 0 saturated carbocycles. The monoisotopic (exact) mass is 201 g/mol. The van der Waals surface area contributed by atoms with E-state index >= 15 is 0 Å². The number of hydrogen-bond acceptors (Lipinski definition) is 2. The van der Waals surface area contributed by atoms with Crippen molar-refractivity contribution in [2.24, 2.45) is 0 Å². The minimum Gasteiger partial charge on any atom is -0.289 e. The first-order valence-electron chi connectivity index (χ1n) is 1.30. The topological polar surface area (TPSA) is 49.3 Å². The molecule has 1 amide bonds. The van der Waals surface area contributed by atoms with Crippen LogP contribution in [0.4, 0.5) is 0 Å². The zero-order valence-corrected chi connectivity index (χ0v) is 5.10. The minimum absolute atomic E-state index is 0.300. The van der Waals surface area contributed by atoms with Crippen molar-refractivity contribution in [3.8, 4) is 0 Å². The fraction of sp³-hybridized carbons (Fsp3) is 0.500. The van der Waals surface area contributed by atoms with Crippen LogP contribution in [0.3, 0.4) is 0 Å². The molecule has 36 valence electrons. The van der Waals surface area contributed by atoms with Gasteiger partial charge in [-0.3, -0.25) is 10.0 Å². The second kappa shape index (κ2) is 3.35. The van der Waals surface area contributed by atoms with Gasteiger partial charge in [-0.15, -0.1) is 0 Å². The van der Waals surface area contributed by atoms with Crippen molar-refractivity contribution < 1.29 is 10.0 Å². The lowest BCUT2D eigenvalue weighted by atomic mass is 10.8. The fourth-order valence-corrected chi connectivity index (χ4v) is 0.200. The summed E-state index contributed by atoms with van der Waals surface area (Å²) >= 11 is 1.84. The molecule has 0 rings (SSSR count). The van der Waals surface area contributed by atoms with Gasteiger partial charge in [-0.05, 0) is 0 Å². The summed E-state index contributed by atoms with van der Waals surface area (Å²) in [7, 11) is 0. The fourth-order valence-electron chi connectivity index (χ4n) is 0.0299. The third kappa shape index (κ3) is 2.40. The highest BCUT2D eigenvalue weighted by Crippen LogP contribution is 1.75. The van der Waals surface area contributed by atoms with Gasteiger partial charge in [0.05, 0.1) is 4.43 Å². The summed E-state index contributed by atoms with van der Waals surface area (Å²) in [6.45, 7) is 0. The van der Waals surface area contributed by atoms with Gasteiger partial charge in [0.25, 0.3) is 5.91 Å². The zero-order valence-electron chi connectivity index (χ0n) is 2.94. The Morgan fingerprint density at radius 1 is 2.00 bits per heavy atom. The molecular formula is C2H4INO2. The van der Waals surface area contributed by atoms with Crippen molar-refractivity contribution in [3.05, 3.63) is 0 Å². The van der Waals surface area contributed by atoms with Gasteiger partial charge in [0.1, 0.15) is 0 Å². The van der Waals surface area contributed by atoms with Crippen LogP contribution >= 0.6 is 22.6 Å². The summed E-state index contributed by atoms with van der Waals surface area (Å²) in [4.78, 5) is 9.81. The summed E-state index contributed by atoms with van der Waals surface area (Å²) in [5, 5.41) is 7.73. The second-order valence-electron chi connectivity index (χ2n) is 0.669. The Kier molecular flexibility index (Phi) is 3.44. The average Bonchev–Trinajstić information content (AvgIpc) is 1.65. The van der Waals surface area contributed by atoms with E-state index in [1.807, 2.05) is 22.6 Å². The maximum Gasteiger partial charge on any atom is 0.253 e. The molecule has 0 aliphatic carbocycles. The van der Waals surface area contributed by atoms with Gasteiger partial charge in [0, 0.05) is 0 Å². The third-order valence-corrected chi connectivity index (χ3v) is 0.939. The van der Waals surface area contributed by atoms with E-state index in [0.717, 1.165) is 0 Å². The molecule has 0 spiro atoms. The van der Waals surface area contributed by atoms with Crippen LogP contribution in [-0.2, 0) is 4.79 Å². The molecule has 0 aliphatic heterocycles. The van der Waals surface area contributed by atoms with Crippen molar-refractivity contribution in [1.29, 1.82) is 0 Å². The zero-order chi connectivity index (χ0) is 4.99. The standard InChI is InChI=1S/C2H4INO2/c3-1-2(5)4-6/h6H,1H2,(H,4,5). The molecule has 0 saturated heterocycles. The number of amides is 1. The van der Waals surface area contributed by atoms with Gasteiger partial charge >= 0.3 is 0 Å². The first kappa shape index (κ1) is 6.16. The van der Waals surface area contributed by atoms with Crippen LogP contribution in [0.15, 0.2) is 0 Å². The van der Waals surface area contributed by atoms with E-state index in [0.29, 0.717) is 4.43 Å². The molecule has 0 bridgehead atoms. The van der Waals surface area contributed by atoms with Crippen molar-refractivity contribution in [3.63, 3.8) is 0 Å². The van der Waals surface area contributed by atoms with Gasteiger partial charge in [-0.2, -0.15) is 0 Å². The number of hydroxylamine groups is 1. The minimum atomic E-state index is -0.365. The first-order chi connectivity index (χ1) is 2.81. The second-order valence-corrected chi connectivity index (χ2v) is 1.43. The Hall–Kier alpha value is 0.160. The number of rotatable bonds is 1. The lowest BCUT2D eigenvalue weighted by Gasteiger charge is -1.84. The normalized spacial score (nSPS) is 7.67. The molecule has 3 nitrogen and oxygen atoms in total. The van der Waals surface area contributed by atoms with Crippen LogP contribution in [0.1, 0.15) is 0 Å². The van der Waals surface area contributed by atoms with Gasteiger partial charge in [0.2, 0.25) is 0 Å². The molecule has 6 heavy (non-hydrogen) atoms. The largest absolute Gasteiger partial charge is 0.289 e. The highest BCUT2D eigenvalue weighted by Gasteiger charge is 1.88. The van der Waals surface area contributed by atoms with Crippen LogP contribution in [0.2, 0.25) is 0 Å². The Bertz CT molecular complexity index is 49.5. The molecule has 4 heteroatoms. The van der Waals surface area contributed by atoms with Gasteiger partial charge in [-0.25, -0.2) is 5.48 Å². The van der Waals surface area contributed by atoms with E-state index in [4.69, 9.17) is 5.21 Å². The van der Waals surface area contributed by atoms with E-state index in [9.17, 15) is 4.79 Å². The summed E-state index contributed by atoms with van der Waals surface area (Å²) in [5.74, 6) is -0.365. The van der Waals surface area contributed by atoms with E-state index in [1.165, 1.54) is 5.48 Å². The molecule has 0 unspecified atom stereocenters. The first-order valence-corrected chi connectivity index (χ1v) is 2.82. The Labute approximate surface area is 48.8 Å². The van der Waals surface area contributed by atoms with Gasteiger partial charge in [0.15, 0.2) is 0 Å². The summed E-state index contributed by atoms with van der Waals surface area (Å²) < 4.78 is 0.300. The highest BCUT2D eigenvalue weighted by atomic mass is 127. The molecule has 0 aromatic rings. The van der Waals surface area contributed by atoms with Gasteiger partial charge in [-0.1, -0.05) is 22.6 Å². The van der Waals surface area contributed by atoms with Crippen molar-refractivity contribution in [1.82, 2.24) is 5.48 Å². The molecule has 0 aromatic heterocycles. The Morgan fingerprint density at radius 2 is 2.50 bits per heavy atom.